The second kappa shape index (κ2) is 7.10. The Balaban J connectivity index is 1.64. The summed E-state index contributed by atoms with van der Waals surface area (Å²) in [4.78, 5) is 18.3. The summed E-state index contributed by atoms with van der Waals surface area (Å²) < 4.78 is 0. The maximum Gasteiger partial charge on any atom is 0.168 e. The number of carbonyl (C=O) groups excluding carboxylic acids is 1. The third-order valence-corrected chi connectivity index (χ3v) is 5.37. The fourth-order valence-corrected chi connectivity index (χ4v) is 3.77. The van der Waals surface area contributed by atoms with Crippen molar-refractivity contribution in [2.45, 2.75) is 12.8 Å². The van der Waals surface area contributed by atoms with E-state index in [4.69, 9.17) is 11.6 Å². The molecule has 0 aliphatic carbocycles. The summed E-state index contributed by atoms with van der Waals surface area (Å²) in [6, 6.07) is 13.4. The Labute approximate surface area is 158 Å². The number of H-pyrrole nitrogens is 1. The number of nitrogens with one attached hydrogen (secondary N) is 1. The number of hydrogen-bond donors (Lipinski definition) is 1. The van der Waals surface area contributed by atoms with Gasteiger partial charge < -0.3 is 9.88 Å². The predicted molar refractivity (Wildman–Crippen MR) is 108 cm³/mol. The molecule has 0 saturated carbocycles. The molecular formula is C22H21ClN2O. The van der Waals surface area contributed by atoms with Gasteiger partial charge in [0.1, 0.15) is 0 Å². The van der Waals surface area contributed by atoms with E-state index in [2.05, 4.69) is 41.3 Å². The van der Waals surface area contributed by atoms with Crippen molar-refractivity contribution in [3.63, 3.8) is 0 Å². The Morgan fingerprint density at radius 3 is 2.85 bits per heavy atom. The minimum atomic E-state index is 0.0468. The minimum Gasteiger partial charge on any atom is -0.361 e. The van der Waals surface area contributed by atoms with Crippen molar-refractivity contribution >= 4 is 33.9 Å². The van der Waals surface area contributed by atoms with Crippen molar-refractivity contribution in [3.05, 3.63) is 76.5 Å². The lowest BCUT2D eigenvalue weighted by molar-refractivity contribution is 0.0993. The smallest absolute Gasteiger partial charge is 0.168 e. The number of rotatable bonds is 4. The highest BCUT2D eigenvalue weighted by atomic mass is 35.5. The Morgan fingerprint density at radius 2 is 2.08 bits per heavy atom. The van der Waals surface area contributed by atoms with E-state index in [0.29, 0.717) is 17.0 Å². The molecule has 1 aliphatic heterocycles. The highest BCUT2D eigenvalue weighted by molar-refractivity contribution is 6.34. The summed E-state index contributed by atoms with van der Waals surface area (Å²) in [7, 11) is 2.14. The van der Waals surface area contributed by atoms with Crippen LogP contribution in [0.15, 0.2) is 54.7 Å². The quantitative estimate of drug-likeness (QED) is 0.664. The van der Waals surface area contributed by atoms with Crippen LogP contribution in [0.25, 0.3) is 16.5 Å². The lowest BCUT2D eigenvalue weighted by Crippen LogP contribution is -2.23. The van der Waals surface area contributed by atoms with Crippen molar-refractivity contribution in [1.82, 2.24) is 9.88 Å². The first-order valence-electron chi connectivity index (χ1n) is 8.87. The van der Waals surface area contributed by atoms with Crippen molar-refractivity contribution in [2.75, 3.05) is 20.1 Å². The zero-order chi connectivity index (χ0) is 18.1. The molecule has 3 nitrogen and oxygen atoms in total. The molecule has 2 aromatic carbocycles. The van der Waals surface area contributed by atoms with Crippen LogP contribution < -0.4 is 0 Å². The number of aromatic nitrogens is 1. The number of aromatic amines is 1. The molecule has 132 valence electrons. The van der Waals surface area contributed by atoms with E-state index in [1.54, 1.807) is 12.1 Å². The van der Waals surface area contributed by atoms with E-state index in [9.17, 15) is 4.79 Å². The molecule has 0 unspecified atom stereocenters. The van der Waals surface area contributed by atoms with Crippen LogP contribution in [-0.4, -0.2) is 35.8 Å². The molecule has 0 spiro atoms. The molecule has 4 rings (SSSR count). The standard InChI is InChI=1S/C22H21ClN2O/c1-25-10-8-16(9-11-25)19-14-24-21-7-6-15(12-18(19)21)13-22(26)17-4-2-3-5-20(17)23/h2-8,12,14,24H,9-11,13H2,1H3. The molecule has 0 atom stereocenters. The number of halogens is 1. The average molecular weight is 365 g/mol. The summed E-state index contributed by atoms with van der Waals surface area (Å²) in [5.74, 6) is 0.0468. The van der Waals surface area contributed by atoms with Gasteiger partial charge in [-0.15, -0.1) is 0 Å². The van der Waals surface area contributed by atoms with E-state index in [1.165, 1.54) is 16.5 Å². The molecule has 0 bridgehead atoms. The Kier molecular flexibility index (Phi) is 4.66. The van der Waals surface area contributed by atoms with Gasteiger partial charge in [0.15, 0.2) is 5.78 Å². The largest absolute Gasteiger partial charge is 0.361 e. The van der Waals surface area contributed by atoms with Crippen LogP contribution in [0.1, 0.15) is 27.9 Å². The molecule has 1 aromatic heterocycles. The molecule has 3 aromatic rings. The molecule has 0 fully saturated rings. The summed E-state index contributed by atoms with van der Waals surface area (Å²) in [5, 5.41) is 1.70. The van der Waals surface area contributed by atoms with E-state index in [0.717, 1.165) is 30.6 Å². The molecule has 26 heavy (non-hydrogen) atoms. The van der Waals surface area contributed by atoms with Crippen LogP contribution in [0.3, 0.4) is 0 Å². The van der Waals surface area contributed by atoms with E-state index in [1.807, 2.05) is 18.2 Å². The van der Waals surface area contributed by atoms with Gasteiger partial charge in [-0.1, -0.05) is 35.9 Å². The normalized spacial score (nSPS) is 15.2. The number of benzene rings is 2. The van der Waals surface area contributed by atoms with Crippen molar-refractivity contribution < 1.29 is 4.79 Å². The maximum absolute atomic E-state index is 12.6. The summed E-state index contributed by atoms with van der Waals surface area (Å²) in [6.07, 6.45) is 5.79. The van der Waals surface area contributed by atoms with Crippen LogP contribution in [0.2, 0.25) is 5.02 Å². The third-order valence-electron chi connectivity index (χ3n) is 5.04. The first kappa shape index (κ1) is 17.1. The summed E-state index contributed by atoms with van der Waals surface area (Å²) >= 11 is 6.16. The van der Waals surface area contributed by atoms with Crippen LogP contribution in [0.4, 0.5) is 0 Å². The van der Waals surface area contributed by atoms with Crippen LogP contribution in [0, 0.1) is 0 Å². The number of likely N-dealkylation sites (N-methyl/N-ethyl adjacent to an activating group) is 1. The Morgan fingerprint density at radius 1 is 1.23 bits per heavy atom. The van der Waals surface area contributed by atoms with Gasteiger partial charge in [0.05, 0.1) is 5.02 Å². The number of carbonyl (C=O) groups is 1. The highest BCUT2D eigenvalue weighted by Crippen LogP contribution is 2.30. The fourth-order valence-electron chi connectivity index (χ4n) is 3.53. The molecule has 4 heteroatoms. The average Bonchev–Trinajstić information content (AvgIpc) is 3.06. The molecule has 1 N–H and O–H groups in total. The zero-order valence-electron chi connectivity index (χ0n) is 14.8. The van der Waals surface area contributed by atoms with Gasteiger partial charge in [0.25, 0.3) is 0 Å². The molecule has 0 saturated heterocycles. The molecular weight excluding hydrogens is 344 g/mol. The van der Waals surface area contributed by atoms with Crippen molar-refractivity contribution in [1.29, 1.82) is 0 Å². The van der Waals surface area contributed by atoms with Crippen LogP contribution in [0.5, 0.6) is 0 Å². The van der Waals surface area contributed by atoms with Crippen LogP contribution >= 0.6 is 11.6 Å². The zero-order valence-corrected chi connectivity index (χ0v) is 15.5. The predicted octanol–water partition coefficient (Wildman–Crippen LogP) is 4.97. The van der Waals surface area contributed by atoms with E-state index >= 15 is 0 Å². The molecule has 0 amide bonds. The molecule has 1 aliphatic rings. The van der Waals surface area contributed by atoms with E-state index < -0.39 is 0 Å². The summed E-state index contributed by atoms with van der Waals surface area (Å²) in [5.41, 5.74) is 5.33. The van der Waals surface area contributed by atoms with Gasteiger partial charge in [-0.05, 0) is 48.9 Å². The fraction of sp³-hybridized carbons (Fsp3) is 0.227. The van der Waals surface area contributed by atoms with Gasteiger partial charge in [-0.25, -0.2) is 0 Å². The summed E-state index contributed by atoms with van der Waals surface area (Å²) in [6.45, 7) is 2.05. The van der Waals surface area contributed by atoms with Gasteiger partial charge >= 0.3 is 0 Å². The third kappa shape index (κ3) is 3.33. The second-order valence-electron chi connectivity index (χ2n) is 6.90. The maximum atomic E-state index is 12.6. The first-order chi connectivity index (χ1) is 12.6. The van der Waals surface area contributed by atoms with Crippen molar-refractivity contribution in [3.8, 4) is 0 Å². The van der Waals surface area contributed by atoms with Crippen LogP contribution in [-0.2, 0) is 6.42 Å². The van der Waals surface area contributed by atoms with Gasteiger partial charge in [-0.2, -0.15) is 0 Å². The number of ketones is 1. The topological polar surface area (TPSA) is 36.1 Å². The molecule has 2 heterocycles. The highest BCUT2D eigenvalue weighted by Gasteiger charge is 2.15. The minimum absolute atomic E-state index is 0.0468. The SMILES string of the molecule is CN1CC=C(c2c[nH]c3ccc(CC(=O)c4ccccc4Cl)cc23)CC1. The first-order valence-corrected chi connectivity index (χ1v) is 9.25. The van der Waals surface area contributed by atoms with Gasteiger partial charge in [-0.3, -0.25) is 4.79 Å². The van der Waals surface area contributed by atoms with Crippen molar-refractivity contribution in [2.24, 2.45) is 0 Å². The Hall–Kier alpha value is -2.36. The lowest BCUT2D eigenvalue weighted by atomic mass is 9.96. The lowest BCUT2D eigenvalue weighted by Gasteiger charge is -2.21. The number of fused-ring (bicyclic) bond motifs is 1. The van der Waals surface area contributed by atoms with Gasteiger partial charge in [0.2, 0.25) is 0 Å². The van der Waals surface area contributed by atoms with Gasteiger partial charge in [0, 0.05) is 47.7 Å². The molecule has 0 radical (unpaired) electrons. The second-order valence-corrected chi connectivity index (χ2v) is 7.31. The monoisotopic (exact) mass is 364 g/mol. The number of Topliss-reactive ketones (excluding diaryl/α,β-unsaturated/α-hetero) is 1. The van der Waals surface area contributed by atoms with E-state index in [-0.39, 0.29) is 5.78 Å². The Bertz CT molecular complexity index is 1000. The number of hydrogen-bond acceptors (Lipinski definition) is 2. The number of nitrogens with zero attached hydrogens (tertiary/aromatic N) is 1.